The zero-order chi connectivity index (χ0) is 13.1. The van der Waals surface area contributed by atoms with E-state index in [1.54, 1.807) is 20.8 Å². The van der Waals surface area contributed by atoms with E-state index in [4.69, 9.17) is 9.47 Å². The summed E-state index contributed by atoms with van der Waals surface area (Å²) in [5, 5.41) is 12.1. The number of rotatable bonds is 2. The maximum absolute atomic E-state index is 12.0. The molecule has 1 unspecified atom stereocenters. The summed E-state index contributed by atoms with van der Waals surface area (Å²) >= 11 is 0. The number of carbonyl (C=O) groups excluding carboxylic acids is 1. The topological polar surface area (TPSA) is 84.9 Å². The van der Waals surface area contributed by atoms with Crippen LogP contribution in [-0.2, 0) is 19.1 Å². The SMILES string of the molecule is CC(C)(C)OC(=O)C1(C(=O)O)CNCCCO1. The summed E-state index contributed by atoms with van der Waals surface area (Å²) in [5.74, 6) is -2.17. The first-order valence-corrected chi connectivity index (χ1v) is 5.59. The first-order valence-electron chi connectivity index (χ1n) is 5.59. The van der Waals surface area contributed by atoms with Crippen LogP contribution in [0.1, 0.15) is 27.2 Å². The van der Waals surface area contributed by atoms with Crippen LogP contribution in [0.25, 0.3) is 0 Å². The molecular formula is C11H19NO5. The molecule has 1 fully saturated rings. The number of carbonyl (C=O) groups is 2. The summed E-state index contributed by atoms with van der Waals surface area (Å²) in [6.45, 7) is 5.83. The molecule has 0 radical (unpaired) electrons. The molecule has 0 amide bonds. The lowest BCUT2D eigenvalue weighted by Crippen LogP contribution is -2.57. The van der Waals surface area contributed by atoms with E-state index in [1.165, 1.54) is 0 Å². The lowest BCUT2D eigenvalue weighted by molar-refractivity contribution is -0.193. The van der Waals surface area contributed by atoms with Gasteiger partial charge in [-0.3, -0.25) is 0 Å². The fourth-order valence-corrected chi connectivity index (χ4v) is 1.48. The third kappa shape index (κ3) is 3.41. The highest BCUT2D eigenvalue weighted by atomic mass is 16.6. The highest BCUT2D eigenvalue weighted by Crippen LogP contribution is 2.20. The lowest BCUT2D eigenvalue weighted by atomic mass is 10.0. The Morgan fingerprint density at radius 1 is 1.41 bits per heavy atom. The normalized spacial score (nSPS) is 26.1. The molecule has 1 saturated heterocycles. The average molecular weight is 245 g/mol. The monoisotopic (exact) mass is 245 g/mol. The standard InChI is InChI=1S/C11H19NO5/c1-10(2,3)17-9(15)11(8(13)14)7-12-5-4-6-16-11/h12H,4-7H2,1-3H3,(H,13,14). The Labute approximate surface area is 100 Å². The van der Waals surface area contributed by atoms with Gasteiger partial charge in [0.25, 0.3) is 5.60 Å². The fraction of sp³-hybridized carbons (Fsp3) is 0.818. The second kappa shape index (κ2) is 5.01. The molecule has 17 heavy (non-hydrogen) atoms. The Balaban J connectivity index is 2.90. The van der Waals surface area contributed by atoms with E-state index in [1.807, 2.05) is 0 Å². The van der Waals surface area contributed by atoms with Gasteiger partial charge in [0.15, 0.2) is 0 Å². The minimum Gasteiger partial charge on any atom is -0.479 e. The van der Waals surface area contributed by atoms with Crippen LogP contribution in [0.4, 0.5) is 0 Å². The molecule has 0 aliphatic carbocycles. The number of nitrogens with one attached hydrogen (secondary N) is 1. The lowest BCUT2D eigenvalue weighted by Gasteiger charge is -2.29. The molecule has 0 aromatic heterocycles. The highest BCUT2D eigenvalue weighted by Gasteiger charge is 2.51. The van der Waals surface area contributed by atoms with Gasteiger partial charge in [0.2, 0.25) is 0 Å². The summed E-state index contributed by atoms with van der Waals surface area (Å²) in [5.41, 5.74) is -2.67. The van der Waals surface area contributed by atoms with Gasteiger partial charge in [0.1, 0.15) is 5.60 Å². The Hall–Kier alpha value is -1.14. The van der Waals surface area contributed by atoms with Crippen LogP contribution in [0.3, 0.4) is 0 Å². The molecule has 6 nitrogen and oxygen atoms in total. The summed E-state index contributed by atoms with van der Waals surface area (Å²) in [6.07, 6.45) is 0.665. The van der Waals surface area contributed by atoms with E-state index in [2.05, 4.69) is 5.32 Å². The maximum atomic E-state index is 12.0. The van der Waals surface area contributed by atoms with E-state index in [0.717, 1.165) is 0 Å². The van der Waals surface area contributed by atoms with Crippen molar-refractivity contribution in [2.24, 2.45) is 0 Å². The summed E-state index contributed by atoms with van der Waals surface area (Å²) in [6, 6.07) is 0. The number of hydrogen-bond acceptors (Lipinski definition) is 5. The minimum absolute atomic E-state index is 0.0722. The van der Waals surface area contributed by atoms with E-state index in [0.29, 0.717) is 13.0 Å². The highest BCUT2D eigenvalue weighted by molar-refractivity contribution is 6.03. The Kier molecular flexibility index (Phi) is 4.11. The molecule has 2 N–H and O–H groups in total. The molecule has 1 aliphatic rings. The molecule has 0 saturated carbocycles. The third-order valence-electron chi connectivity index (χ3n) is 2.29. The molecular weight excluding hydrogens is 226 g/mol. The summed E-state index contributed by atoms with van der Waals surface area (Å²) < 4.78 is 10.3. The quantitative estimate of drug-likeness (QED) is 0.532. The molecule has 6 heteroatoms. The molecule has 1 heterocycles. The van der Waals surface area contributed by atoms with Crippen molar-refractivity contribution in [1.82, 2.24) is 5.32 Å². The van der Waals surface area contributed by atoms with E-state index < -0.39 is 23.1 Å². The number of carboxylic acids is 1. The van der Waals surface area contributed by atoms with Crippen LogP contribution in [0, 0.1) is 0 Å². The number of aliphatic carboxylic acids is 1. The smallest absolute Gasteiger partial charge is 0.352 e. The Bertz CT molecular complexity index is 299. The van der Waals surface area contributed by atoms with Crippen molar-refractivity contribution in [1.29, 1.82) is 0 Å². The van der Waals surface area contributed by atoms with Crippen molar-refractivity contribution < 1.29 is 24.2 Å². The van der Waals surface area contributed by atoms with E-state index >= 15 is 0 Å². The molecule has 0 bridgehead atoms. The number of carboxylic acid groups (broad SMARTS) is 1. The number of esters is 1. The summed E-state index contributed by atoms with van der Waals surface area (Å²) in [7, 11) is 0. The molecule has 0 spiro atoms. The van der Waals surface area contributed by atoms with Crippen molar-refractivity contribution >= 4 is 11.9 Å². The van der Waals surface area contributed by atoms with Gasteiger partial charge in [-0.15, -0.1) is 0 Å². The molecule has 0 aromatic rings. The first-order chi connectivity index (χ1) is 7.78. The van der Waals surface area contributed by atoms with Gasteiger partial charge in [0, 0.05) is 6.54 Å². The van der Waals surface area contributed by atoms with E-state index in [9.17, 15) is 14.7 Å². The van der Waals surface area contributed by atoms with Crippen LogP contribution in [0.5, 0.6) is 0 Å². The van der Waals surface area contributed by atoms with Gasteiger partial charge in [-0.05, 0) is 33.7 Å². The predicted molar refractivity (Wildman–Crippen MR) is 59.7 cm³/mol. The summed E-state index contributed by atoms with van der Waals surface area (Å²) in [4.78, 5) is 23.3. The zero-order valence-corrected chi connectivity index (χ0v) is 10.4. The molecule has 0 aromatic carbocycles. The van der Waals surface area contributed by atoms with Crippen LogP contribution in [0.2, 0.25) is 0 Å². The third-order valence-corrected chi connectivity index (χ3v) is 2.29. The zero-order valence-electron chi connectivity index (χ0n) is 10.4. The first kappa shape index (κ1) is 13.9. The molecule has 98 valence electrons. The molecule has 1 rings (SSSR count). The van der Waals surface area contributed by atoms with E-state index in [-0.39, 0.29) is 13.2 Å². The van der Waals surface area contributed by atoms with Gasteiger partial charge in [-0.25, -0.2) is 9.59 Å². The van der Waals surface area contributed by atoms with Crippen molar-refractivity contribution in [2.45, 2.75) is 38.4 Å². The van der Waals surface area contributed by atoms with Crippen molar-refractivity contribution in [3.63, 3.8) is 0 Å². The van der Waals surface area contributed by atoms with Crippen LogP contribution in [-0.4, -0.2) is 47.9 Å². The molecule has 1 atom stereocenters. The largest absolute Gasteiger partial charge is 0.479 e. The van der Waals surface area contributed by atoms with Crippen LogP contribution in [0.15, 0.2) is 0 Å². The maximum Gasteiger partial charge on any atom is 0.352 e. The van der Waals surface area contributed by atoms with Crippen molar-refractivity contribution in [3.8, 4) is 0 Å². The van der Waals surface area contributed by atoms with Crippen molar-refractivity contribution in [2.75, 3.05) is 19.7 Å². The second-order valence-electron chi connectivity index (χ2n) is 5.01. The van der Waals surface area contributed by atoms with Crippen molar-refractivity contribution in [3.05, 3.63) is 0 Å². The van der Waals surface area contributed by atoms with Crippen LogP contribution >= 0.6 is 0 Å². The van der Waals surface area contributed by atoms with Crippen LogP contribution < -0.4 is 5.32 Å². The van der Waals surface area contributed by atoms with Gasteiger partial charge in [-0.1, -0.05) is 0 Å². The van der Waals surface area contributed by atoms with Gasteiger partial charge >= 0.3 is 11.9 Å². The Morgan fingerprint density at radius 2 is 2.06 bits per heavy atom. The van der Waals surface area contributed by atoms with Gasteiger partial charge < -0.3 is 19.9 Å². The minimum atomic E-state index is -1.93. The molecule has 1 aliphatic heterocycles. The fourth-order valence-electron chi connectivity index (χ4n) is 1.48. The van der Waals surface area contributed by atoms with Gasteiger partial charge in [0.05, 0.1) is 6.61 Å². The number of hydrogen-bond donors (Lipinski definition) is 2. The average Bonchev–Trinajstić information content (AvgIpc) is 2.40. The number of ether oxygens (including phenoxy) is 2. The second-order valence-corrected chi connectivity index (χ2v) is 5.01. The van der Waals surface area contributed by atoms with Gasteiger partial charge in [-0.2, -0.15) is 0 Å². The Morgan fingerprint density at radius 3 is 2.59 bits per heavy atom. The predicted octanol–water partition coefficient (Wildman–Crippen LogP) is 0.161.